The average molecular weight is 198 g/mol. The molecule has 1 saturated heterocycles. The Balaban J connectivity index is 1.72. The average Bonchev–Trinajstić information content (AvgIpc) is 2.69. The summed E-state index contributed by atoms with van der Waals surface area (Å²) in [4.78, 5) is 6.70. The highest BCUT2D eigenvalue weighted by Gasteiger charge is 2.09. The third kappa shape index (κ3) is 2.76. The molecule has 3 nitrogen and oxygen atoms in total. The van der Waals surface area contributed by atoms with Gasteiger partial charge in [-0.05, 0) is 0 Å². The Labute approximate surface area is 82.3 Å². The first-order valence-corrected chi connectivity index (χ1v) is 5.51. The molecule has 0 unspecified atom stereocenters. The van der Waals surface area contributed by atoms with Crippen molar-refractivity contribution in [1.29, 1.82) is 0 Å². The standard InChI is InChI=1S/C9H14N2OS/c1(9-10-2-8-13-9)3-11-4-6-12-7-5-11/h2,8H,1,3-7H2. The molecule has 72 valence electrons. The second-order valence-electron chi connectivity index (χ2n) is 3.13. The number of rotatable bonds is 3. The molecule has 0 spiro atoms. The lowest BCUT2D eigenvalue weighted by atomic mass is 10.3. The van der Waals surface area contributed by atoms with Gasteiger partial charge in [-0.25, -0.2) is 4.98 Å². The van der Waals surface area contributed by atoms with Gasteiger partial charge in [-0.1, -0.05) is 0 Å². The molecule has 1 fully saturated rings. The molecule has 0 bridgehead atoms. The molecule has 0 aliphatic carbocycles. The predicted octanol–water partition coefficient (Wildman–Crippen LogP) is 1.02. The monoisotopic (exact) mass is 198 g/mol. The van der Waals surface area contributed by atoms with Crippen LogP contribution in [0.25, 0.3) is 0 Å². The summed E-state index contributed by atoms with van der Waals surface area (Å²) in [7, 11) is 0. The molecule has 0 saturated carbocycles. The van der Waals surface area contributed by atoms with E-state index in [9.17, 15) is 0 Å². The van der Waals surface area contributed by atoms with Gasteiger partial charge in [0, 0.05) is 37.6 Å². The van der Waals surface area contributed by atoms with Crippen molar-refractivity contribution < 1.29 is 4.74 Å². The molecular formula is C9H14N2OS. The number of aromatic nitrogens is 1. The normalized spacial score (nSPS) is 19.1. The summed E-state index contributed by atoms with van der Waals surface area (Å²) < 4.78 is 5.28. The van der Waals surface area contributed by atoms with Crippen molar-refractivity contribution in [3.63, 3.8) is 0 Å². The zero-order chi connectivity index (χ0) is 8.93. The van der Waals surface area contributed by atoms with Gasteiger partial charge in [-0.3, -0.25) is 4.90 Å². The summed E-state index contributed by atoms with van der Waals surface area (Å²) in [6.07, 6.45) is 2.96. The first-order valence-electron chi connectivity index (χ1n) is 4.63. The Hall–Kier alpha value is -0.450. The number of ether oxygens (including phenoxy) is 1. The Morgan fingerprint density at radius 1 is 1.46 bits per heavy atom. The topological polar surface area (TPSA) is 25.4 Å². The molecule has 0 atom stereocenters. The molecule has 0 amide bonds. The van der Waals surface area contributed by atoms with Gasteiger partial charge in [-0.2, -0.15) is 0 Å². The van der Waals surface area contributed by atoms with E-state index in [-0.39, 0.29) is 0 Å². The van der Waals surface area contributed by atoms with E-state index < -0.39 is 0 Å². The minimum absolute atomic E-state index is 0.887. The van der Waals surface area contributed by atoms with Crippen LogP contribution in [-0.4, -0.2) is 42.7 Å². The quantitative estimate of drug-likeness (QED) is 0.725. The Morgan fingerprint density at radius 3 is 3.00 bits per heavy atom. The van der Waals surface area contributed by atoms with E-state index in [1.807, 2.05) is 11.6 Å². The van der Waals surface area contributed by atoms with E-state index in [0.29, 0.717) is 0 Å². The van der Waals surface area contributed by atoms with E-state index >= 15 is 0 Å². The molecular weight excluding hydrogens is 184 g/mol. The summed E-state index contributed by atoms with van der Waals surface area (Å²) in [6.45, 7) is 5.05. The summed E-state index contributed by atoms with van der Waals surface area (Å²) in [5.74, 6) is 0. The van der Waals surface area contributed by atoms with E-state index in [1.54, 1.807) is 11.3 Å². The van der Waals surface area contributed by atoms with Crippen molar-refractivity contribution in [2.24, 2.45) is 0 Å². The number of hydrogen-bond donors (Lipinski definition) is 0. The minimum atomic E-state index is 0.887. The van der Waals surface area contributed by atoms with Crippen LogP contribution in [0.3, 0.4) is 0 Å². The number of morpholine rings is 1. The molecule has 4 heteroatoms. The van der Waals surface area contributed by atoms with E-state index in [4.69, 9.17) is 4.74 Å². The van der Waals surface area contributed by atoms with Gasteiger partial charge in [0.2, 0.25) is 0 Å². The molecule has 0 aromatic carbocycles. The molecule has 0 radical (unpaired) electrons. The van der Waals surface area contributed by atoms with Crippen LogP contribution < -0.4 is 0 Å². The zero-order valence-electron chi connectivity index (χ0n) is 7.61. The SMILES string of the molecule is c1csc(CCN2CCOCC2)n1. The molecule has 0 N–H and O–H groups in total. The van der Waals surface area contributed by atoms with Crippen LogP contribution in [-0.2, 0) is 11.2 Å². The summed E-state index contributed by atoms with van der Waals surface area (Å²) in [5.41, 5.74) is 0. The van der Waals surface area contributed by atoms with Crippen molar-refractivity contribution in [2.45, 2.75) is 6.42 Å². The zero-order valence-corrected chi connectivity index (χ0v) is 8.42. The van der Waals surface area contributed by atoms with Gasteiger partial charge in [0.25, 0.3) is 0 Å². The molecule has 1 aliphatic rings. The Bertz CT molecular complexity index is 232. The molecule has 1 aliphatic heterocycles. The van der Waals surface area contributed by atoms with E-state index in [0.717, 1.165) is 39.3 Å². The van der Waals surface area contributed by atoms with Crippen LogP contribution in [0, 0.1) is 0 Å². The summed E-state index contributed by atoms with van der Waals surface area (Å²) >= 11 is 1.74. The minimum Gasteiger partial charge on any atom is -0.379 e. The highest BCUT2D eigenvalue weighted by atomic mass is 32.1. The smallest absolute Gasteiger partial charge is 0.0937 e. The third-order valence-electron chi connectivity index (χ3n) is 2.23. The second-order valence-corrected chi connectivity index (χ2v) is 4.11. The molecule has 1 aromatic heterocycles. The lowest BCUT2D eigenvalue weighted by Gasteiger charge is -2.25. The molecule has 13 heavy (non-hydrogen) atoms. The van der Waals surface area contributed by atoms with E-state index in [1.165, 1.54) is 5.01 Å². The Kier molecular flexibility index (Phi) is 3.29. The van der Waals surface area contributed by atoms with Crippen molar-refractivity contribution >= 4 is 11.3 Å². The molecule has 1 aromatic rings. The van der Waals surface area contributed by atoms with Crippen molar-refractivity contribution in [3.8, 4) is 0 Å². The third-order valence-corrected chi connectivity index (χ3v) is 3.07. The maximum absolute atomic E-state index is 5.28. The van der Waals surface area contributed by atoms with Crippen molar-refractivity contribution in [2.75, 3.05) is 32.8 Å². The van der Waals surface area contributed by atoms with Gasteiger partial charge >= 0.3 is 0 Å². The first kappa shape index (κ1) is 9.12. The lowest BCUT2D eigenvalue weighted by Crippen LogP contribution is -2.37. The summed E-state index contributed by atoms with van der Waals surface area (Å²) in [5, 5.41) is 3.28. The summed E-state index contributed by atoms with van der Waals surface area (Å²) in [6, 6.07) is 0. The highest BCUT2D eigenvalue weighted by molar-refractivity contribution is 7.09. The second kappa shape index (κ2) is 4.69. The van der Waals surface area contributed by atoms with Gasteiger partial charge in [0.15, 0.2) is 0 Å². The largest absolute Gasteiger partial charge is 0.379 e. The first-order chi connectivity index (χ1) is 6.45. The number of nitrogens with zero attached hydrogens (tertiary/aromatic N) is 2. The van der Waals surface area contributed by atoms with Gasteiger partial charge < -0.3 is 4.74 Å². The van der Waals surface area contributed by atoms with Gasteiger partial charge in [0.05, 0.1) is 18.2 Å². The van der Waals surface area contributed by atoms with Gasteiger partial charge in [-0.15, -0.1) is 11.3 Å². The van der Waals surface area contributed by atoms with Crippen LogP contribution in [0.4, 0.5) is 0 Å². The Morgan fingerprint density at radius 2 is 2.31 bits per heavy atom. The van der Waals surface area contributed by atoms with Crippen molar-refractivity contribution in [3.05, 3.63) is 16.6 Å². The maximum Gasteiger partial charge on any atom is 0.0937 e. The highest BCUT2D eigenvalue weighted by Crippen LogP contribution is 2.06. The van der Waals surface area contributed by atoms with Gasteiger partial charge in [0.1, 0.15) is 0 Å². The fourth-order valence-electron chi connectivity index (χ4n) is 1.45. The fourth-order valence-corrected chi connectivity index (χ4v) is 2.06. The van der Waals surface area contributed by atoms with E-state index in [2.05, 4.69) is 9.88 Å². The molecule has 2 rings (SSSR count). The van der Waals surface area contributed by atoms with Crippen LogP contribution in [0.2, 0.25) is 0 Å². The van der Waals surface area contributed by atoms with Crippen LogP contribution in [0.15, 0.2) is 11.6 Å². The molecule has 2 heterocycles. The number of thiazole rings is 1. The maximum atomic E-state index is 5.28. The van der Waals surface area contributed by atoms with Crippen LogP contribution >= 0.6 is 11.3 Å². The van der Waals surface area contributed by atoms with Crippen LogP contribution in [0.5, 0.6) is 0 Å². The predicted molar refractivity (Wildman–Crippen MR) is 53.1 cm³/mol. The van der Waals surface area contributed by atoms with Crippen LogP contribution in [0.1, 0.15) is 5.01 Å². The fraction of sp³-hybridized carbons (Fsp3) is 0.667. The number of hydrogen-bond acceptors (Lipinski definition) is 4. The lowest BCUT2D eigenvalue weighted by molar-refractivity contribution is 0.0384. The van der Waals surface area contributed by atoms with Crippen molar-refractivity contribution in [1.82, 2.24) is 9.88 Å².